The highest BCUT2D eigenvalue weighted by atomic mass is 16.6. The Bertz CT molecular complexity index is 816. The molecule has 1 amide bonds. The van der Waals surface area contributed by atoms with Crippen molar-refractivity contribution in [2.45, 2.75) is 25.8 Å². The van der Waals surface area contributed by atoms with Crippen LogP contribution in [0.15, 0.2) is 12.1 Å². The van der Waals surface area contributed by atoms with Crippen LogP contribution in [0.3, 0.4) is 0 Å². The number of fused-ring (bicyclic) bond motifs is 1. The van der Waals surface area contributed by atoms with Crippen molar-refractivity contribution in [3.8, 4) is 0 Å². The van der Waals surface area contributed by atoms with Crippen molar-refractivity contribution in [2.75, 3.05) is 18.0 Å². The van der Waals surface area contributed by atoms with E-state index in [1.807, 2.05) is 23.4 Å². The minimum absolute atomic E-state index is 0.00317. The molecule has 9 nitrogen and oxygen atoms in total. The summed E-state index contributed by atoms with van der Waals surface area (Å²) in [4.78, 5) is 28.3. The lowest BCUT2D eigenvalue weighted by molar-refractivity contribution is -0.384. The summed E-state index contributed by atoms with van der Waals surface area (Å²) in [6.45, 7) is 2.87. The molecule has 0 bridgehead atoms. The number of nitrogens with one attached hydrogen (secondary N) is 1. The van der Waals surface area contributed by atoms with Crippen LogP contribution in [0.1, 0.15) is 18.7 Å². The Kier molecular flexibility index (Phi) is 4.00. The summed E-state index contributed by atoms with van der Waals surface area (Å²) in [7, 11) is 1.87. The van der Waals surface area contributed by atoms with Crippen LogP contribution in [0.2, 0.25) is 0 Å². The Labute approximate surface area is 138 Å². The number of piperidine rings is 1. The van der Waals surface area contributed by atoms with E-state index in [0.717, 1.165) is 17.8 Å². The van der Waals surface area contributed by atoms with Gasteiger partial charge in [0.15, 0.2) is 0 Å². The minimum atomic E-state index is -1.08. The number of carboxylic acid groups (broad SMARTS) is 1. The van der Waals surface area contributed by atoms with Crippen LogP contribution in [0.4, 0.5) is 16.2 Å². The molecule has 0 spiro atoms. The molecule has 0 aliphatic carbocycles. The number of hydrogen-bond donors (Lipinski definition) is 2. The number of amides is 1. The van der Waals surface area contributed by atoms with Crippen molar-refractivity contribution >= 4 is 28.5 Å². The quantitative estimate of drug-likeness (QED) is 0.656. The summed E-state index contributed by atoms with van der Waals surface area (Å²) in [6, 6.07) is 2.94. The smallest absolute Gasteiger partial charge is 0.404 e. The van der Waals surface area contributed by atoms with E-state index in [2.05, 4.69) is 10.3 Å². The van der Waals surface area contributed by atoms with Gasteiger partial charge in [-0.3, -0.25) is 10.1 Å². The second kappa shape index (κ2) is 5.99. The van der Waals surface area contributed by atoms with Crippen molar-refractivity contribution in [1.82, 2.24) is 14.9 Å². The normalized spacial score (nSPS) is 17.9. The van der Waals surface area contributed by atoms with E-state index < -0.39 is 11.0 Å². The van der Waals surface area contributed by atoms with Gasteiger partial charge in [-0.05, 0) is 25.8 Å². The molecule has 0 radical (unpaired) electrons. The fourth-order valence-corrected chi connectivity index (χ4v) is 3.28. The molecule has 1 fully saturated rings. The number of nitro benzene ring substituents is 1. The molecule has 9 heteroatoms. The van der Waals surface area contributed by atoms with E-state index in [0.29, 0.717) is 30.7 Å². The molecule has 3 rings (SSSR count). The summed E-state index contributed by atoms with van der Waals surface area (Å²) in [5, 5.41) is 22.9. The number of imidazole rings is 1. The molecule has 1 atom stereocenters. The van der Waals surface area contributed by atoms with E-state index in [-0.39, 0.29) is 11.7 Å². The molecule has 24 heavy (non-hydrogen) atoms. The Morgan fingerprint density at radius 3 is 2.92 bits per heavy atom. The zero-order valence-electron chi connectivity index (χ0n) is 13.5. The van der Waals surface area contributed by atoms with E-state index >= 15 is 0 Å². The van der Waals surface area contributed by atoms with Gasteiger partial charge in [0.05, 0.1) is 10.4 Å². The summed E-state index contributed by atoms with van der Waals surface area (Å²) >= 11 is 0. The van der Waals surface area contributed by atoms with Crippen LogP contribution < -0.4 is 10.2 Å². The molecule has 0 saturated carbocycles. The Morgan fingerprint density at radius 2 is 2.25 bits per heavy atom. The number of benzene rings is 1. The average molecular weight is 333 g/mol. The van der Waals surface area contributed by atoms with Crippen LogP contribution in [0.25, 0.3) is 11.0 Å². The molecule has 1 aliphatic rings. The maximum absolute atomic E-state index is 11.5. The number of nitrogens with zero attached hydrogens (tertiary/aromatic N) is 4. The largest absolute Gasteiger partial charge is 0.465 e. The predicted octanol–water partition coefficient (Wildman–Crippen LogP) is 2.03. The van der Waals surface area contributed by atoms with E-state index in [1.54, 1.807) is 6.07 Å². The first kappa shape index (κ1) is 16.0. The molecule has 1 aliphatic heterocycles. The summed E-state index contributed by atoms with van der Waals surface area (Å²) in [6.07, 6.45) is 0.390. The molecular formula is C15H19N5O4. The number of hydrogen-bond acceptors (Lipinski definition) is 5. The van der Waals surface area contributed by atoms with Crippen LogP contribution in [-0.4, -0.2) is 44.8 Å². The van der Waals surface area contributed by atoms with Crippen molar-refractivity contribution in [2.24, 2.45) is 7.05 Å². The second-order valence-electron chi connectivity index (χ2n) is 6.01. The molecule has 1 aromatic carbocycles. The first-order chi connectivity index (χ1) is 11.4. The molecular weight excluding hydrogens is 314 g/mol. The Balaban J connectivity index is 2.09. The fraction of sp³-hybridized carbons (Fsp3) is 0.467. The third-order valence-electron chi connectivity index (χ3n) is 4.49. The first-order valence-electron chi connectivity index (χ1n) is 7.73. The van der Waals surface area contributed by atoms with Crippen LogP contribution in [0.5, 0.6) is 0 Å². The second-order valence-corrected chi connectivity index (χ2v) is 6.01. The predicted molar refractivity (Wildman–Crippen MR) is 88.5 cm³/mol. The van der Waals surface area contributed by atoms with Gasteiger partial charge in [-0.1, -0.05) is 0 Å². The number of carbonyl (C=O) groups is 1. The van der Waals surface area contributed by atoms with Gasteiger partial charge < -0.3 is 19.9 Å². The fourth-order valence-electron chi connectivity index (χ4n) is 3.28. The van der Waals surface area contributed by atoms with Crippen LogP contribution >= 0.6 is 0 Å². The highest BCUT2D eigenvalue weighted by Crippen LogP contribution is 2.37. The molecule has 1 aromatic heterocycles. The highest BCUT2D eigenvalue weighted by molar-refractivity contribution is 5.95. The van der Waals surface area contributed by atoms with Crippen molar-refractivity contribution in [3.63, 3.8) is 0 Å². The molecule has 2 aromatic rings. The minimum Gasteiger partial charge on any atom is -0.465 e. The van der Waals surface area contributed by atoms with E-state index in [9.17, 15) is 14.9 Å². The number of aromatic nitrogens is 2. The average Bonchev–Trinajstić information content (AvgIpc) is 2.81. The number of aryl methyl sites for hydroxylation is 2. The molecule has 128 valence electrons. The van der Waals surface area contributed by atoms with Crippen LogP contribution in [0, 0.1) is 17.0 Å². The zero-order valence-corrected chi connectivity index (χ0v) is 13.5. The van der Waals surface area contributed by atoms with Gasteiger partial charge in [0.2, 0.25) is 0 Å². The van der Waals surface area contributed by atoms with Crippen molar-refractivity contribution < 1.29 is 14.8 Å². The third kappa shape index (κ3) is 2.72. The van der Waals surface area contributed by atoms with Gasteiger partial charge in [0.25, 0.3) is 5.69 Å². The lowest BCUT2D eigenvalue weighted by atomic mass is 10.0. The van der Waals surface area contributed by atoms with Crippen LogP contribution in [-0.2, 0) is 7.05 Å². The highest BCUT2D eigenvalue weighted by Gasteiger charge is 2.29. The lowest BCUT2D eigenvalue weighted by Crippen LogP contribution is -2.47. The maximum Gasteiger partial charge on any atom is 0.404 e. The van der Waals surface area contributed by atoms with Gasteiger partial charge in [-0.25, -0.2) is 9.78 Å². The molecule has 0 unspecified atom stereocenters. The number of anilines is 1. The monoisotopic (exact) mass is 333 g/mol. The van der Waals surface area contributed by atoms with Gasteiger partial charge in [0, 0.05) is 32.2 Å². The first-order valence-corrected chi connectivity index (χ1v) is 7.73. The summed E-state index contributed by atoms with van der Waals surface area (Å²) in [5.41, 5.74) is 1.87. The Hall–Kier alpha value is -2.84. The maximum atomic E-state index is 11.5. The molecule has 2 N–H and O–H groups in total. The van der Waals surface area contributed by atoms with Gasteiger partial charge >= 0.3 is 6.09 Å². The van der Waals surface area contributed by atoms with Gasteiger partial charge in [-0.15, -0.1) is 0 Å². The van der Waals surface area contributed by atoms with Crippen molar-refractivity contribution in [3.05, 3.63) is 28.1 Å². The van der Waals surface area contributed by atoms with Gasteiger partial charge in [0.1, 0.15) is 17.0 Å². The summed E-state index contributed by atoms with van der Waals surface area (Å²) in [5.74, 6) is 0.768. The Morgan fingerprint density at radius 1 is 1.50 bits per heavy atom. The molecule has 1 saturated heterocycles. The van der Waals surface area contributed by atoms with Gasteiger partial charge in [-0.2, -0.15) is 0 Å². The third-order valence-corrected chi connectivity index (χ3v) is 4.49. The number of nitro groups is 1. The SMILES string of the molecule is Cc1nc2c(N3CCC[C@@H](NC(=O)O)C3)c([N+](=O)[O-])ccc2n1C. The lowest BCUT2D eigenvalue weighted by Gasteiger charge is -2.33. The standard InChI is InChI=1S/C15H19N5O4/c1-9-16-13-11(18(9)2)5-6-12(20(23)24)14(13)19-7-3-4-10(8-19)17-15(21)22/h5-6,10,17H,3-4,7-8H2,1-2H3,(H,21,22)/t10-/m1/s1. The summed E-state index contributed by atoms with van der Waals surface area (Å²) < 4.78 is 1.89. The zero-order chi connectivity index (χ0) is 17.4. The topological polar surface area (TPSA) is 114 Å². The number of rotatable bonds is 3. The van der Waals surface area contributed by atoms with E-state index in [1.165, 1.54) is 6.07 Å². The molecule has 2 heterocycles. The van der Waals surface area contributed by atoms with E-state index in [4.69, 9.17) is 5.11 Å². The van der Waals surface area contributed by atoms with Crippen molar-refractivity contribution in [1.29, 1.82) is 0 Å².